The minimum absolute atomic E-state index is 0.0109. The summed E-state index contributed by atoms with van der Waals surface area (Å²) < 4.78 is 120. The molecule has 0 radical (unpaired) electrons. The van der Waals surface area contributed by atoms with Gasteiger partial charge in [0.05, 0.1) is 45.2 Å². The Morgan fingerprint density at radius 2 is 1.09 bits per heavy atom. The number of nitrogens with one attached hydrogen (secondary N) is 3. The topological polar surface area (TPSA) is 558 Å². The first-order valence-electron chi connectivity index (χ1n) is 23.2. The Morgan fingerprint density at radius 3 is 1.62 bits per heavy atom. The molecule has 5 aromatic heterocycles. The molecule has 16 atom stereocenters. The van der Waals surface area contributed by atoms with Crippen molar-refractivity contribution in [3.05, 3.63) is 43.7 Å². The molecule has 7 unspecified atom stereocenters. The number of hydrogen-bond donors (Lipinski definition) is 12. The Bertz CT molecular complexity index is 3510. The third kappa shape index (κ3) is 12.1. The van der Waals surface area contributed by atoms with Gasteiger partial charge in [0.1, 0.15) is 60.6 Å². The zero-order valence-electron chi connectivity index (χ0n) is 42.0. The van der Waals surface area contributed by atoms with Crippen LogP contribution in [0, 0.1) is 0 Å². The van der Waals surface area contributed by atoms with Crippen molar-refractivity contribution in [1.29, 1.82) is 0 Å². The Labute approximate surface area is 446 Å². The number of phosphoric ester groups is 3. The maximum absolute atomic E-state index is 14.0. The molecule has 0 bridgehead atoms. The lowest BCUT2D eigenvalue weighted by atomic mass is 10.1. The van der Waals surface area contributed by atoms with E-state index in [-0.39, 0.29) is 58.3 Å². The molecule has 40 nitrogen and oxygen atoms in total. The van der Waals surface area contributed by atoms with Crippen molar-refractivity contribution >= 4 is 83.0 Å². The second-order valence-electron chi connectivity index (χ2n) is 18.2. The summed E-state index contributed by atoms with van der Waals surface area (Å²) in [6, 6.07) is 0. The standard InChI is InChI=1S/C36H53N15O25P4/c1-12(2)70-22-14(72-31(20(22)53)49-9-40-16-25(49)42-34(37)45-28(16)54)7-67-77(57,58)74-23-15(73-33(24(23)66-5)50-10-41-17-26(50)43-35(38)46-29(17)55)8-69-79(61,62)76-80(63,64)75-78(59,60)68-6-13-21(65-4)19(52)32(71-13)51-11-48(3)18-27(51)44-36(39)47-30(18)56/h9-10,12-15,19-24,31-33,52-53H,6-8,11H2,1-5H3,(H,57,58)(H,59,60)(H,61,62)(H,63,64)(H3,37,42,45,54)(H3,38,43,46,55)(H3,39,44,47,56)/t13-,14-,15-,19?,20+,21+,22?,23?,24+,31-,32-,33-/m1/s1. The maximum Gasteiger partial charge on any atom is 0.490 e. The molecule has 0 spiro atoms. The van der Waals surface area contributed by atoms with E-state index in [1.165, 1.54) is 21.4 Å². The number of nitrogens with two attached hydrogens (primary N) is 3. The number of fused-ring (bicyclic) bond motifs is 3. The van der Waals surface area contributed by atoms with Gasteiger partial charge in [0.2, 0.25) is 17.8 Å². The highest BCUT2D eigenvalue weighted by Crippen LogP contribution is 2.68. The average molecular weight is 1220 g/mol. The van der Waals surface area contributed by atoms with Crippen molar-refractivity contribution in [2.45, 2.75) is 93.6 Å². The summed E-state index contributed by atoms with van der Waals surface area (Å²) in [4.78, 5) is 111. The predicted octanol–water partition coefficient (Wildman–Crippen LogP) is -3.07. The molecule has 9 rings (SSSR count). The number of imidazole rings is 2. The Kier molecular flexibility index (Phi) is 16.7. The number of hydrogen-bond acceptors (Lipinski definition) is 31. The number of aromatic nitrogens is 10. The van der Waals surface area contributed by atoms with Gasteiger partial charge >= 0.3 is 31.3 Å². The van der Waals surface area contributed by atoms with Gasteiger partial charge < -0.3 is 85.2 Å². The Hall–Kier alpha value is -5.22. The van der Waals surface area contributed by atoms with Gasteiger partial charge in [-0.2, -0.15) is 23.6 Å². The molecule has 3 fully saturated rings. The second-order valence-corrected chi connectivity index (χ2v) is 24.2. The third-order valence-corrected chi connectivity index (χ3v) is 17.7. The van der Waals surface area contributed by atoms with Crippen LogP contribution in [0.1, 0.15) is 26.3 Å². The number of aliphatic hydroxyl groups excluding tert-OH is 2. The fourth-order valence-corrected chi connectivity index (χ4v) is 13.7. The van der Waals surface area contributed by atoms with Gasteiger partial charge in [-0.1, -0.05) is 0 Å². The van der Waals surface area contributed by atoms with Crippen LogP contribution in [-0.2, 0) is 73.4 Å². The van der Waals surface area contributed by atoms with Crippen molar-refractivity contribution < 1.29 is 103 Å². The van der Waals surface area contributed by atoms with E-state index in [0.29, 0.717) is 0 Å². The zero-order valence-corrected chi connectivity index (χ0v) is 45.6. The first kappa shape index (κ1) is 59.4. The Morgan fingerprint density at radius 1 is 0.637 bits per heavy atom. The van der Waals surface area contributed by atoms with Gasteiger partial charge in [0.15, 0.2) is 46.8 Å². The number of nitrogens with zero attached hydrogens (tertiary/aromatic N) is 9. The van der Waals surface area contributed by atoms with Crippen molar-refractivity contribution in [1.82, 2.24) is 49.0 Å². The van der Waals surface area contributed by atoms with E-state index in [9.17, 15) is 62.4 Å². The smallest absolute Gasteiger partial charge is 0.386 e. The highest BCUT2D eigenvalue weighted by molar-refractivity contribution is 7.66. The highest BCUT2D eigenvalue weighted by Gasteiger charge is 2.55. The molecule has 0 aromatic carbocycles. The van der Waals surface area contributed by atoms with E-state index < -0.39 is 148 Å². The molecule has 44 heteroatoms. The van der Waals surface area contributed by atoms with Crippen LogP contribution in [0.5, 0.6) is 0 Å². The SMILES string of the molecule is CO[C@@H]1C(O)[C@H](N2CN(C)c3c2nc(N)[nH]c3=O)O[C@@H]1COP(=O)(O)OP(=O)(O)OP(=O)(O)OC[C@H]1O[C@@H](n2cnc3c(=O)[nH]c(N)nc32)[C@@H](OC)C1OP(=O)(O)OC[C@H]1O[C@@H](n2cnc3c(=O)[nH]c(N)nc32)[C@@H](O)C1OC(C)C. The fraction of sp³-hybridized carbons (Fsp3) is 0.611. The number of H-pyrrole nitrogens is 3. The average Bonchev–Trinajstić information content (AvgIpc) is 4.21. The van der Waals surface area contributed by atoms with Gasteiger partial charge in [-0.15, -0.1) is 0 Å². The van der Waals surface area contributed by atoms with Crippen LogP contribution < -0.4 is 43.7 Å². The summed E-state index contributed by atoms with van der Waals surface area (Å²) in [5, 5.41) is 22.6. The molecule has 0 amide bonds. The lowest BCUT2D eigenvalue weighted by Gasteiger charge is -2.27. The van der Waals surface area contributed by atoms with Crippen molar-refractivity contribution in [3.63, 3.8) is 0 Å². The molecule has 5 aromatic rings. The number of anilines is 5. The van der Waals surface area contributed by atoms with Gasteiger partial charge in [-0.3, -0.25) is 56.6 Å². The van der Waals surface area contributed by atoms with Crippen LogP contribution in [0.4, 0.5) is 29.4 Å². The minimum atomic E-state index is -6.21. The number of aliphatic hydroxyl groups is 2. The quantitative estimate of drug-likeness (QED) is 0.0306. The number of phosphoric acid groups is 4. The van der Waals surface area contributed by atoms with E-state index in [1.807, 2.05) is 0 Å². The summed E-state index contributed by atoms with van der Waals surface area (Å²) in [7, 11) is -19.7. The third-order valence-electron chi connectivity index (χ3n) is 12.4. The summed E-state index contributed by atoms with van der Waals surface area (Å²) in [6.45, 7) is -0.000981. The molecular weight excluding hydrogens is 1170 g/mol. The number of nitrogen functional groups attached to an aromatic ring is 3. The fourth-order valence-electron chi connectivity index (χ4n) is 9.26. The Balaban J connectivity index is 0.884. The highest BCUT2D eigenvalue weighted by atomic mass is 31.3. The lowest BCUT2D eigenvalue weighted by Crippen LogP contribution is -2.46. The zero-order chi connectivity index (χ0) is 58.1. The molecule has 80 heavy (non-hydrogen) atoms. The minimum Gasteiger partial charge on any atom is -0.386 e. The maximum atomic E-state index is 14.0. The number of aromatic amines is 3. The van der Waals surface area contributed by atoms with Crippen molar-refractivity contribution in [2.24, 2.45) is 0 Å². The first-order valence-corrected chi connectivity index (χ1v) is 29.2. The summed E-state index contributed by atoms with van der Waals surface area (Å²) >= 11 is 0. The van der Waals surface area contributed by atoms with Crippen LogP contribution in [0.15, 0.2) is 27.0 Å². The van der Waals surface area contributed by atoms with E-state index in [4.69, 9.17) is 63.7 Å². The van der Waals surface area contributed by atoms with Gasteiger partial charge in [0, 0.05) is 21.3 Å². The van der Waals surface area contributed by atoms with Crippen LogP contribution >= 0.6 is 31.3 Å². The van der Waals surface area contributed by atoms with Crippen LogP contribution in [0.3, 0.4) is 0 Å². The van der Waals surface area contributed by atoms with E-state index in [2.05, 4.69) is 48.5 Å². The van der Waals surface area contributed by atoms with Crippen molar-refractivity contribution in [2.75, 3.05) is 74.8 Å². The number of ether oxygens (including phenoxy) is 6. The van der Waals surface area contributed by atoms with Crippen LogP contribution in [-0.4, -0.2) is 194 Å². The van der Waals surface area contributed by atoms with Crippen LogP contribution in [0.2, 0.25) is 0 Å². The summed E-state index contributed by atoms with van der Waals surface area (Å²) in [6.07, 6.45) is -16.7. The first-order chi connectivity index (χ1) is 37.5. The predicted molar refractivity (Wildman–Crippen MR) is 264 cm³/mol. The van der Waals surface area contributed by atoms with Crippen LogP contribution in [0.25, 0.3) is 22.3 Å². The normalized spacial score (nSPS) is 30.1. The molecule has 15 N–H and O–H groups in total. The number of rotatable bonds is 22. The molecule has 0 aliphatic carbocycles. The van der Waals surface area contributed by atoms with Gasteiger partial charge in [0.25, 0.3) is 16.7 Å². The largest absolute Gasteiger partial charge is 0.490 e. The van der Waals surface area contributed by atoms with E-state index >= 15 is 0 Å². The molecular formula is C36H53N15O25P4. The monoisotopic (exact) mass is 1220 g/mol. The molecule has 0 saturated carbocycles. The lowest BCUT2D eigenvalue weighted by molar-refractivity contribution is -0.0814. The van der Waals surface area contributed by atoms with E-state index in [0.717, 1.165) is 31.4 Å². The van der Waals surface area contributed by atoms with Gasteiger partial charge in [-0.25, -0.2) is 28.2 Å². The van der Waals surface area contributed by atoms with Crippen molar-refractivity contribution in [3.8, 4) is 0 Å². The molecule has 4 aliphatic heterocycles. The summed E-state index contributed by atoms with van der Waals surface area (Å²) in [5.41, 5.74) is 14.4. The number of methoxy groups -OCH3 is 2. The summed E-state index contributed by atoms with van der Waals surface area (Å²) in [5.74, 6) is -0.926. The second kappa shape index (κ2) is 22.5. The van der Waals surface area contributed by atoms with E-state index in [1.54, 1.807) is 13.8 Å². The molecule has 4 aliphatic rings. The van der Waals surface area contributed by atoms with Gasteiger partial charge in [-0.05, 0) is 13.8 Å². The molecule has 9 heterocycles. The molecule has 442 valence electrons. The molecule has 3 saturated heterocycles.